The number of anilines is 1. The molecule has 0 aromatic heterocycles. The molecular weight excluding hydrogens is 468 g/mol. The lowest BCUT2D eigenvalue weighted by Gasteiger charge is -2.08. The normalized spacial score (nSPS) is 10.6. The molecule has 3 rings (SSSR count). The van der Waals surface area contributed by atoms with E-state index in [0.29, 0.717) is 15.7 Å². The van der Waals surface area contributed by atoms with Crippen molar-refractivity contribution in [1.82, 2.24) is 5.43 Å². The van der Waals surface area contributed by atoms with Crippen LogP contribution in [0.4, 0.5) is 11.4 Å². The van der Waals surface area contributed by atoms with Crippen LogP contribution < -0.4 is 10.7 Å². The number of non-ortho nitro benzene ring substituents is 1. The van der Waals surface area contributed by atoms with E-state index in [4.69, 9.17) is 0 Å². The number of nitrogens with zero attached hydrogens (tertiary/aromatic N) is 2. The van der Waals surface area contributed by atoms with Crippen molar-refractivity contribution in [3.63, 3.8) is 0 Å². The van der Waals surface area contributed by atoms with Crippen molar-refractivity contribution < 1.29 is 19.6 Å². The van der Waals surface area contributed by atoms with E-state index < -0.39 is 10.8 Å². The van der Waals surface area contributed by atoms with Crippen LogP contribution in [0.5, 0.6) is 5.75 Å². The number of hydrogen-bond acceptors (Lipinski definition) is 6. The standard InChI is InChI=1S/C21H15BrN4O5/c22-18-7-2-1-6-17(18)21(29)24-15-5-3-4-13(10-15)20(28)25-23-12-14-11-16(26(30)31)8-9-19(14)27/h1-12,27H,(H,24,29)(H,25,28)/b23-12+. The van der Waals surface area contributed by atoms with E-state index in [1.165, 1.54) is 18.2 Å². The number of hydrogen-bond donors (Lipinski definition) is 3. The van der Waals surface area contributed by atoms with E-state index in [1.54, 1.807) is 36.4 Å². The van der Waals surface area contributed by atoms with Gasteiger partial charge in [0.2, 0.25) is 0 Å². The summed E-state index contributed by atoms with van der Waals surface area (Å²) >= 11 is 3.32. The highest BCUT2D eigenvalue weighted by molar-refractivity contribution is 9.10. The number of carbonyl (C=O) groups excluding carboxylic acids is 2. The highest BCUT2D eigenvalue weighted by Crippen LogP contribution is 2.21. The Hall–Kier alpha value is -4.05. The lowest BCUT2D eigenvalue weighted by atomic mass is 10.1. The number of halogens is 1. The monoisotopic (exact) mass is 482 g/mol. The number of nitrogens with one attached hydrogen (secondary N) is 2. The number of nitro benzene ring substituents is 1. The molecule has 0 aliphatic rings. The number of carbonyl (C=O) groups is 2. The first kappa shape index (κ1) is 21.7. The first-order chi connectivity index (χ1) is 14.8. The smallest absolute Gasteiger partial charge is 0.271 e. The van der Waals surface area contributed by atoms with Gasteiger partial charge in [0.25, 0.3) is 17.5 Å². The Labute approximate surface area is 184 Å². The van der Waals surface area contributed by atoms with Gasteiger partial charge in [0.1, 0.15) is 5.75 Å². The second kappa shape index (κ2) is 9.63. The van der Waals surface area contributed by atoms with Crippen molar-refractivity contribution in [2.24, 2.45) is 5.10 Å². The molecule has 0 unspecified atom stereocenters. The van der Waals surface area contributed by atoms with E-state index in [9.17, 15) is 24.8 Å². The molecule has 10 heteroatoms. The molecule has 3 aromatic carbocycles. The SMILES string of the molecule is O=C(N/N=C/c1cc([N+](=O)[O-])ccc1O)c1cccc(NC(=O)c2ccccc2Br)c1. The summed E-state index contributed by atoms with van der Waals surface area (Å²) in [5.41, 5.74) is 3.21. The fraction of sp³-hybridized carbons (Fsp3) is 0. The lowest BCUT2D eigenvalue weighted by molar-refractivity contribution is -0.384. The molecule has 0 aliphatic heterocycles. The highest BCUT2D eigenvalue weighted by atomic mass is 79.9. The number of benzene rings is 3. The molecule has 0 bridgehead atoms. The maximum atomic E-state index is 12.4. The zero-order chi connectivity index (χ0) is 22.4. The molecule has 2 amide bonds. The molecular formula is C21H15BrN4O5. The Kier molecular flexibility index (Phi) is 6.73. The third kappa shape index (κ3) is 5.52. The third-order valence-electron chi connectivity index (χ3n) is 4.09. The summed E-state index contributed by atoms with van der Waals surface area (Å²) in [6.07, 6.45) is 1.10. The van der Waals surface area contributed by atoms with Crippen LogP contribution in [0.25, 0.3) is 0 Å². The van der Waals surface area contributed by atoms with Gasteiger partial charge in [0.15, 0.2) is 0 Å². The first-order valence-corrected chi connectivity index (χ1v) is 9.61. The number of amides is 2. The van der Waals surface area contributed by atoms with Gasteiger partial charge in [-0.2, -0.15) is 5.10 Å². The Morgan fingerprint density at radius 2 is 1.81 bits per heavy atom. The number of aromatic hydroxyl groups is 1. The van der Waals surface area contributed by atoms with E-state index in [-0.39, 0.29) is 28.5 Å². The van der Waals surface area contributed by atoms with Crippen molar-refractivity contribution >= 4 is 45.3 Å². The second-order valence-electron chi connectivity index (χ2n) is 6.21. The van der Waals surface area contributed by atoms with Crippen molar-refractivity contribution in [2.45, 2.75) is 0 Å². The number of rotatable bonds is 6. The fourth-order valence-electron chi connectivity index (χ4n) is 2.57. The molecule has 0 spiro atoms. The fourth-order valence-corrected chi connectivity index (χ4v) is 3.03. The average Bonchev–Trinajstić information content (AvgIpc) is 2.75. The van der Waals surface area contributed by atoms with Gasteiger partial charge in [-0.15, -0.1) is 0 Å². The summed E-state index contributed by atoms with van der Waals surface area (Å²) in [5.74, 6) is -1.14. The summed E-state index contributed by atoms with van der Waals surface area (Å²) < 4.78 is 0.639. The quantitative estimate of drug-likeness (QED) is 0.276. The maximum Gasteiger partial charge on any atom is 0.271 e. The van der Waals surface area contributed by atoms with Gasteiger partial charge < -0.3 is 10.4 Å². The Morgan fingerprint density at radius 3 is 2.55 bits per heavy atom. The summed E-state index contributed by atoms with van der Waals surface area (Å²) in [6, 6.07) is 16.6. The van der Waals surface area contributed by atoms with Crippen LogP contribution >= 0.6 is 15.9 Å². The Morgan fingerprint density at radius 1 is 1.03 bits per heavy atom. The molecule has 31 heavy (non-hydrogen) atoms. The summed E-state index contributed by atoms with van der Waals surface area (Å²) in [7, 11) is 0. The zero-order valence-electron chi connectivity index (χ0n) is 15.8. The average molecular weight is 483 g/mol. The van der Waals surface area contributed by atoms with Gasteiger partial charge in [0.05, 0.1) is 16.7 Å². The van der Waals surface area contributed by atoms with E-state index in [2.05, 4.69) is 31.8 Å². The van der Waals surface area contributed by atoms with Crippen molar-refractivity contribution in [2.75, 3.05) is 5.32 Å². The van der Waals surface area contributed by atoms with Crippen LogP contribution in [-0.4, -0.2) is 28.1 Å². The van der Waals surface area contributed by atoms with Crippen molar-refractivity contribution in [3.8, 4) is 5.75 Å². The maximum absolute atomic E-state index is 12.4. The van der Waals surface area contributed by atoms with Crippen LogP contribution in [0.2, 0.25) is 0 Å². The molecule has 156 valence electrons. The Bertz CT molecular complexity index is 1200. The molecule has 3 aromatic rings. The van der Waals surface area contributed by atoms with Crippen LogP contribution in [-0.2, 0) is 0 Å². The number of phenols is 1. The zero-order valence-corrected chi connectivity index (χ0v) is 17.4. The third-order valence-corrected chi connectivity index (χ3v) is 4.78. The first-order valence-electron chi connectivity index (χ1n) is 8.82. The minimum absolute atomic E-state index is 0.0731. The van der Waals surface area contributed by atoms with Gasteiger partial charge in [-0.3, -0.25) is 19.7 Å². The molecule has 0 saturated carbocycles. The van der Waals surface area contributed by atoms with Gasteiger partial charge in [0, 0.05) is 33.4 Å². The van der Waals surface area contributed by atoms with Crippen LogP contribution in [0.3, 0.4) is 0 Å². The molecule has 0 radical (unpaired) electrons. The topological polar surface area (TPSA) is 134 Å². The summed E-state index contributed by atoms with van der Waals surface area (Å²) in [5, 5.41) is 27.0. The summed E-state index contributed by atoms with van der Waals surface area (Å²) in [4.78, 5) is 35.0. The van der Waals surface area contributed by atoms with E-state index in [0.717, 1.165) is 18.3 Å². The lowest BCUT2D eigenvalue weighted by Crippen LogP contribution is -2.18. The number of nitro groups is 1. The number of hydrazone groups is 1. The van der Waals surface area contributed by atoms with Gasteiger partial charge in [-0.1, -0.05) is 18.2 Å². The molecule has 3 N–H and O–H groups in total. The van der Waals surface area contributed by atoms with Crippen molar-refractivity contribution in [1.29, 1.82) is 0 Å². The largest absolute Gasteiger partial charge is 0.507 e. The van der Waals surface area contributed by atoms with Crippen molar-refractivity contribution in [3.05, 3.63) is 98.0 Å². The molecule has 9 nitrogen and oxygen atoms in total. The molecule has 0 fully saturated rings. The highest BCUT2D eigenvalue weighted by Gasteiger charge is 2.12. The molecule has 0 heterocycles. The van der Waals surface area contributed by atoms with Gasteiger partial charge >= 0.3 is 0 Å². The number of phenolic OH excluding ortho intramolecular Hbond substituents is 1. The molecule has 0 saturated heterocycles. The van der Waals surface area contributed by atoms with E-state index >= 15 is 0 Å². The molecule has 0 atom stereocenters. The minimum atomic E-state index is -0.608. The van der Waals surface area contributed by atoms with Crippen LogP contribution in [0.1, 0.15) is 26.3 Å². The molecule has 0 aliphatic carbocycles. The summed E-state index contributed by atoms with van der Waals surface area (Å²) in [6.45, 7) is 0. The van der Waals surface area contributed by atoms with Gasteiger partial charge in [-0.25, -0.2) is 5.43 Å². The van der Waals surface area contributed by atoms with E-state index in [1.807, 2.05) is 0 Å². The Balaban J connectivity index is 1.69. The van der Waals surface area contributed by atoms with Gasteiger partial charge in [-0.05, 0) is 52.3 Å². The minimum Gasteiger partial charge on any atom is -0.507 e. The predicted molar refractivity (Wildman–Crippen MR) is 118 cm³/mol. The van der Waals surface area contributed by atoms with Crippen LogP contribution in [0, 0.1) is 10.1 Å². The van der Waals surface area contributed by atoms with Crippen LogP contribution in [0.15, 0.2) is 76.3 Å². The second-order valence-corrected chi connectivity index (χ2v) is 7.07. The predicted octanol–water partition coefficient (Wildman–Crippen LogP) is 4.08.